The Balaban J connectivity index is 1.49. The lowest BCUT2D eigenvalue weighted by atomic mass is 10.0. The summed E-state index contributed by atoms with van der Waals surface area (Å²) in [6.45, 7) is 2.93. The second-order valence-corrected chi connectivity index (χ2v) is 6.97. The smallest absolute Gasteiger partial charge is 0.328 e. The standard InChI is InChI=1S/C17H25N5O4/c1-20-15(24)12(11-18-16(20)25)10-14(23)19-13-4-8-22(9-5-13)17(26)21-6-2-3-7-21/h11,13H,2-10H2,1H3,(H,18,25)(H,19,23). The number of aromatic nitrogens is 2. The van der Waals surface area contributed by atoms with Gasteiger partial charge in [-0.15, -0.1) is 0 Å². The minimum Gasteiger partial charge on any atom is -0.353 e. The Bertz CT molecular complexity index is 785. The maximum Gasteiger partial charge on any atom is 0.328 e. The third-order valence-corrected chi connectivity index (χ3v) is 5.11. The number of H-pyrrole nitrogens is 1. The topological polar surface area (TPSA) is 108 Å². The van der Waals surface area contributed by atoms with Crippen molar-refractivity contribution in [2.24, 2.45) is 7.05 Å². The summed E-state index contributed by atoms with van der Waals surface area (Å²) in [4.78, 5) is 54.1. The van der Waals surface area contributed by atoms with Crippen LogP contribution in [0.5, 0.6) is 0 Å². The molecule has 0 atom stereocenters. The molecule has 2 N–H and O–H groups in total. The fourth-order valence-electron chi connectivity index (χ4n) is 3.52. The molecule has 9 heteroatoms. The van der Waals surface area contributed by atoms with Crippen LogP contribution in [0.3, 0.4) is 0 Å². The summed E-state index contributed by atoms with van der Waals surface area (Å²) >= 11 is 0. The Morgan fingerprint density at radius 2 is 1.73 bits per heavy atom. The van der Waals surface area contributed by atoms with E-state index in [1.54, 1.807) is 0 Å². The van der Waals surface area contributed by atoms with Gasteiger partial charge in [-0.25, -0.2) is 9.59 Å². The molecule has 0 unspecified atom stereocenters. The zero-order valence-corrected chi connectivity index (χ0v) is 15.0. The first-order valence-electron chi connectivity index (χ1n) is 9.06. The number of rotatable bonds is 3. The second-order valence-electron chi connectivity index (χ2n) is 6.97. The molecule has 0 aliphatic carbocycles. The van der Waals surface area contributed by atoms with Crippen molar-refractivity contribution >= 4 is 11.9 Å². The Morgan fingerprint density at radius 1 is 1.12 bits per heavy atom. The van der Waals surface area contributed by atoms with Crippen molar-refractivity contribution in [3.63, 3.8) is 0 Å². The van der Waals surface area contributed by atoms with Crippen LogP contribution in [0.1, 0.15) is 31.2 Å². The van der Waals surface area contributed by atoms with E-state index < -0.39 is 11.2 Å². The predicted molar refractivity (Wildman–Crippen MR) is 94.9 cm³/mol. The van der Waals surface area contributed by atoms with Gasteiger partial charge in [0, 0.05) is 51.0 Å². The number of piperidine rings is 1. The molecule has 0 bridgehead atoms. The Kier molecular flexibility index (Phi) is 5.43. The number of nitrogens with one attached hydrogen (secondary N) is 2. The molecule has 142 valence electrons. The molecule has 3 heterocycles. The normalized spacial score (nSPS) is 18.2. The highest BCUT2D eigenvalue weighted by Gasteiger charge is 2.28. The molecule has 9 nitrogen and oxygen atoms in total. The van der Waals surface area contributed by atoms with Gasteiger partial charge in [0.1, 0.15) is 0 Å². The summed E-state index contributed by atoms with van der Waals surface area (Å²) in [6, 6.07) is 0.0979. The molecular weight excluding hydrogens is 338 g/mol. The van der Waals surface area contributed by atoms with Crippen LogP contribution in [0.4, 0.5) is 4.79 Å². The predicted octanol–water partition coefficient (Wildman–Crippen LogP) is -0.587. The van der Waals surface area contributed by atoms with Gasteiger partial charge in [0.05, 0.1) is 6.42 Å². The van der Waals surface area contributed by atoms with Crippen molar-refractivity contribution in [1.29, 1.82) is 0 Å². The van der Waals surface area contributed by atoms with Gasteiger partial charge in [0.2, 0.25) is 5.91 Å². The minimum atomic E-state index is -0.505. The molecule has 2 aliphatic rings. The van der Waals surface area contributed by atoms with Crippen LogP contribution in [-0.4, -0.2) is 63.5 Å². The maximum absolute atomic E-state index is 12.4. The Hall–Kier alpha value is -2.58. The molecule has 0 radical (unpaired) electrons. The van der Waals surface area contributed by atoms with E-state index in [9.17, 15) is 19.2 Å². The van der Waals surface area contributed by atoms with Gasteiger partial charge < -0.3 is 20.1 Å². The molecule has 0 spiro atoms. The zero-order chi connectivity index (χ0) is 18.7. The van der Waals surface area contributed by atoms with E-state index in [2.05, 4.69) is 10.3 Å². The Labute approximate surface area is 151 Å². The van der Waals surface area contributed by atoms with E-state index in [1.807, 2.05) is 9.80 Å². The summed E-state index contributed by atoms with van der Waals surface area (Å²) < 4.78 is 0.949. The first-order valence-corrected chi connectivity index (χ1v) is 9.06. The largest absolute Gasteiger partial charge is 0.353 e. The van der Waals surface area contributed by atoms with E-state index in [1.165, 1.54) is 13.2 Å². The van der Waals surface area contributed by atoms with Crippen LogP contribution in [0.25, 0.3) is 0 Å². The van der Waals surface area contributed by atoms with Gasteiger partial charge in [0.25, 0.3) is 5.56 Å². The fraction of sp³-hybridized carbons (Fsp3) is 0.647. The lowest BCUT2D eigenvalue weighted by Crippen LogP contribution is -2.50. The van der Waals surface area contributed by atoms with Gasteiger partial charge in [0.15, 0.2) is 0 Å². The molecule has 2 fully saturated rings. The molecule has 1 aromatic rings. The van der Waals surface area contributed by atoms with Crippen molar-refractivity contribution < 1.29 is 9.59 Å². The van der Waals surface area contributed by atoms with Crippen molar-refractivity contribution in [2.45, 2.75) is 38.1 Å². The SMILES string of the molecule is Cn1c(=O)[nH]cc(CC(=O)NC2CCN(C(=O)N3CCCC3)CC2)c1=O. The monoisotopic (exact) mass is 363 g/mol. The highest BCUT2D eigenvalue weighted by atomic mass is 16.2. The fourth-order valence-corrected chi connectivity index (χ4v) is 3.52. The van der Waals surface area contributed by atoms with E-state index in [-0.39, 0.29) is 30.0 Å². The summed E-state index contributed by atoms with van der Waals surface area (Å²) in [7, 11) is 1.37. The average molecular weight is 363 g/mol. The van der Waals surface area contributed by atoms with Crippen LogP contribution >= 0.6 is 0 Å². The number of carbonyl (C=O) groups excluding carboxylic acids is 2. The lowest BCUT2D eigenvalue weighted by Gasteiger charge is -2.34. The van der Waals surface area contributed by atoms with E-state index in [4.69, 9.17) is 0 Å². The molecule has 3 amide bonds. The van der Waals surface area contributed by atoms with Crippen molar-refractivity contribution in [1.82, 2.24) is 24.7 Å². The molecule has 0 saturated carbocycles. The zero-order valence-electron chi connectivity index (χ0n) is 15.0. The molecular formula is C17H25N5O4. The number of urea groups is 1. The number of hydrogen-bond donors (Lipinski definition) is 2. The van der Waals surface area contributed by atoms with Crippen molar-refractivity contribution in [2.75, 3.05) is 26.2 Å². The molecule has 1 aromatic heterocycles. The number of carbonyl (C=O) groups is 2. The van der Waals surface area contributed by atoms with E-state index in [0.717, 1.165) is 30.5 Å². The first-order chi connectivity index (χ1) is 12.5. The van der Waals surface area contributed by atoms with Gasteiger partial charge >= 0.3 is 11.7 Å². The van der Waals surface area contributed by atoms with Gasteiger partial charge in [-0.05, 0) is 25.7 Å². The van der Waals surface area contributed by atoms with Crippen molar-refractivity contribution in [3.8, 4) is 0 Å². The van der Waals surface area contributed by atoms with Gasteiger partial charge in [-0.1, -0.05) is 0 Å². The van der Waals surface area contributed by atoms with E-state index >= 15 is 0 Å². The van der Waals surface area contributed by atoms with Gasteiger partial charge in [-0.3, -0.25) is 14.2 Å². The first kappa shape index (κ1) is 18.2. The third kappa shape index (κ3) is 3.97. The van der Waals surface area contributed by atoms with Gasteiger partial charge in [-0.2, -0.15) is 0 Å². The highest BCUT2D eigenvalue weighted by Crippen LogP contribution is 2.16. The second kappa shape index (κ2) is 7.76. The molecule has 26 heavy (non-hydrogen) atoms. The summed E-state index contributed by atoms with van der Waals surface area (Å²) in [5.41, 5.74) is -0.713. The summed E-state index contributed by atoms with van der Waals surface area (Å²) in [5, 5.41) is 2.93. The quantitative estimate of drug-likeness (QED) is 0.748. The minimum absolute atomic E-state index is 0.00302. The lowest BCUT2D eigenvalue weighted by molar-refractivity contribution is -0.121. The number of hydrogen-bond acceptors (Lipinski definition) is 4. The summed E-state index contributed by atoms with van der Waals surface area (Å²) in [6.07, 6.45) is 4.77. The number of likely N-dealkylation sites (tertiary alicyclic amines) is 2. The van der Waals surface area contributed by atoms with E-state index in [0.29, 0.717) is 25.9 Å². The average Bonchev–Trinajstić information content (AvgIpc) is 3.17. The van der Waals surface area contributed by atoms with Crippen LogP contribution in [0, 0.1) is 0 Å². The Morgan fingerprint density at radius 3 is 2.38 bits per heavy atom. The molecule has 3 rings (SSSR count). The maximum atomic E-state index is 12.4. The molecule has 2 aliphatic heterocycles. The molecule has 0 aromatic carbocycles. The molecule has 2 saturated heterocycles. The van der Waals surface area contributed by atoms with Crippen LogP contribution in [0.15, 0.2) is 15.8 Å². The highest BCUT2D eigenvalue weighted by molar-refractivity contribution is 5.79. The third-order valence-electron chi connectivity index (χ3n) is 5.11. The van der Waals surface area contributed by atoms with Crippen molar-refractivity contribution in [3.05, 3.63) is 32.6 Å². The number of amides is 3. The van der Waals surface area contributed by atoms with Crippen LogP contribution in [-0.2, 0) is 18.3 Å². The summed E-state index contributed by atoms with van der Waals surface area (Å²) in [5.74, 6) is -0.251. The van der Waals surface area contributed by atoms with Crippen LogP contribution < -0.4 is 16.6 Å². The number of nitrogens with zero attached hydrogens (tertiary/aromatic N) is 3. The number of aromatic amines is 1. The van der Waals surface area contributed by atoms with Crippen LogP contribution in [0.2, 0.25) is 0 Å².